The quantitative estimate of drug-likeness (QED) is 0.479. The second-order valence-corrected chi connectivity index (χ2v) is 3.45. The highest BCUT2D eigenvalue weighted by molar-refractivity contribution is 5.45. The summed E-state index contributed by atoms with van der Waals surface area (Å²) in [7, 11) is 2.11. The maximum atomic E-state index is 2.32. The van der Waals surface area contributed by atoms with Crippen LogP contribution in [-0.2, 0) is 7.05 Å². The molecule has 0 atom stereocenters. The number of hydrogen-bond donors (Lipinski definition) is 0. The third-order valence-electron chi connectivity index (χ3n) is 2.50. The number of nitrogens with zero attached hydrogens (tertiary/aromatic N) is 1. The zero-order valence-corrected chi connectivity index (χ0v) is 7.67. The van der Waals surface area contributed by atoms with Gasteiger partial charge < -0.3 is 0 Å². The first-order chi connectivity index (χ1) is 5.79. The molecule has 0 radical (unpaired) electrons. The van der Waals surface area contributed by atoms with Crippen molar-refractivity contribution in [1.29, 1.82) is 0 Å². The van der Waals surface area contributed by atoms with Crippen molar-refractivity contribution in [2.45, 2.75) is 19.8 Å². The first-order valence-corrected chi connectivity index (χ1v) is 4.43. The summed E-state index contributed by atoms with van der Waals surface area (Å²) in [4.78, 5) is 0. The summed E-state index contributed by atoms with van der Waals surface area (Å²) in [5.41, 5.74) is 1.51. The van der Waals surface area contributed by atoms with Crippen LogP contribution in [0.2, 0.25) is 0 Å². The van der Waals surface area contributed by atoms with Crippen molar-refractivity contribution < 1.29 is 4.57 Å². The molecular formula is C11H14N+. The van der Waals surface area contributed by atoms with Crippen LogP contribution in [0.15, 0.2) is 18.3 Å². The molecule has 0 bridgehead atoms. The van der Waals surface area contributed by atoms with Crippen LogP contribution < -0.4 is 15.1 Å². The SMILES string of the molecule is CC1=c2c(ccc[n+]2C)=CCC1. The molecule has 12 heavy (non-hydrogen) atoms. The van der Waals surface area contributed by atoms with E-state index in [-0.39, 0.29) is 0 Å². The Hall–Kier alpha value is -1.11. The molecule has 0 unspecified atom stereocenters. The van der Waals surface area contributed by atoms with Gasteiger partial charge in [0.2, 0.25) is 5.35 Å². The van der Waals surface area contributed by atoms with Crippen LogP contribution in [0.3, 0.4) is 0 Å². The summed E-state index contributed by atoms with van der Waals surface area (Å²) in [6, 6.07) is 4.30. The Morgan fingerprint density at radius 1 is 1.42 bits per heavy atom. The van der Waals surface area contributed by atoms with Gasteiger partial charge in [-0.15, -0.1) is 0 Å². The lowest BCUT2D eigenvalue weighted by Gasteiger charge is -2.02. The fraction of sp³-hybridized carbons (Fsp3) is 0.364. The molecule has 1 heteroatoms. The molecule has 0 aromatic carbocycles. The highest BCUT2D eigenvalue weighted by atomic mass is 14.9. The standard InChI is InChI=1S/C11H14N/c1-9-5-3-6-10-7-4-8-12(2)11(9)10/h4,6-8H,3,5H2,1-2H3/q+1. The molecule has 62 valence electrons. The molecule has 1 aromatic rings. The van der Waals surface area contributed by atoms with Gasteiger partial charge in [0, 0.05) is 11.3 Å². The third kappa shape index (κ3) is 1.06. The summed E-state index contributed by atoms with van der Waals surface area (Å²) in [6.45, 7) is 2.23. The molecule has 0 spiro atoms. The van der Waals surface area contributed by atoms with Crippen molar-refractivity contribution in [2.75, 3.05) is 0 Å². The zero-order valence-electron chi connectivity index (χ0n) is 7.67. The van der Waals surface area contributed by atoms with E-state index in [1.165, 1.54) is 29.0 Å². The molecule has 1 aliphatic rings. The Morgan fingerprint density at radius 3 is 3.00 bits per heavy atom. The van der Waals surface area contributed by atoms with Gasteiger partial charge in [-0.05, 0) is 31.4 Å². The fourth-order valence-corrected chi connectivity index (χ4v) is 1.91. The van der Waals surface area contributed by atoms with E-state index in [1.807, 2.05) is 0 Å². The van der Waals surface area contributed by atoms with Crippen LogP contribution in [0.5, 0.6) is 0 Å². The van der Waals surface area contributed by atoms with E-state index in [4.69, 9.17) is 0 Å². The molecule has 1 aromatic heterocycles. The number of aromatic nitrogens is 1. The number of hydrogen-bond acceptors (Lipinski definition) is 0. The predicted octanol–water partition coefficient (Wildman–Crippen LogP) is 0.256. The van der Waals surface area contributed by atoms with Crippen molar-refractivity contribution in [3.8, 4) is 0 Å². The molecule has 2 rings (SSSR count). The van der Waals surface area contributed by atoms with Gasteiger partial charge in [0.25, 0.3) is 0 Å². The second-order valence-electron chi connectivity index (χ2n) is 3.45. The van der Waals surface area contributed by atoms with E-state index < -0.39 is 0 Å². The molecule has 0 saturated carbocycles. The molecule has 0 aliphatic heterocycles. The Labute approximate surface area is 72.7 Å². The molecule has 0 amide bonds. The van der Waals surface area contributed by atoms with Gasteiger partial charge in [0.15, 0.2) is 6.20 Å². The van der Waals surface area contributed by atoms with Crippen molar-refractivity contribution in [2.24, 2.45) is 7.05 Å². The number of fused-ring (bicyclic) bond motifs is 1. The van der Waals surface area contributed by atoms with Crippen LogP contribution in [0.1, 0.15) is 19.8 Å². The molecule has 1 heterocycles. The van der Waals surface area contributed by atoms with E-state index in [0.717, 1.165) is 0 Å². The van der Waals surface area contributed by atoms with Gasteiger partial charge in [-0.1, -0.05) is 6.08 Å². The fourth-order valence-electron chi connectivity index (χ4n) is 1.91. The average molecular weight is 160 g/mol. The van der Waals surface area contributed by atoms with Crippen molar-refractivity contribution in [1.82, 2.24) is 0 Å². The predicted molar refractivity (Wildman–Crippen MR) is 49.6 cm³/mol. The summed E-state index contributed by atoms with van der Waals surface area (Å²) in [5.74, 6) is 0. The van der Waals surface area contributed by atoms with Gasteiger partial charge in [0.05, 0.1) is 0 Å². The molecule has 0 fully saturated rings. The Balaban J connectivity index is 2.95. The molecule has 1 nitrogen and oxygen atoms in total. The smallest absolute Gasteiger partial charge is 0.201 e. The van der Waals surface area contributed by atoms with E-state index >= 15 is 0 Å². The lowest BCUT2D eigenvalue weighted by Crippen LogP contribution is -2.55. The van der Waals surface area contributed by atoms with Gasteiger partial charge in [-0.2, -0.15) is 0 Å². The van der Waals surface area contributed by atoms with Crippen molar-refractivity contribution in [3.63, 3.8) is 0 Å². The highest BCUT2D eigenvalue weighted by Gasteiger charge is 2.06. The minimum Gasteiger partial charge on any atom is -0.201 e. The normalized spacial score (nSPS) is 15.3. The second kappa shape index (κ2) is 2.74. The van der Waals surface area contributed by atoms with E-state index in [1.54, 1.807) is 0 Å². The summed E-state index contributed by atoms with van der Waals surface area (Å²) in [5, 5.41) is 2.80. The lowest BCUT2D eigenvalue weighted by atomic mass is 10.0. The summed E-state index contributed by atoms with van der Waals surface area (Å²) >= 11 is 0. The third-order valence-corrected chi connectivity index (χ3v) is 2.50. The maximum absolute atomic E-state index is 2.32. The number of pyridine rings is 1. The summed E-state index contributed by atoms with van der Waals surface area (Å²) < 4.78 is 2.21. The van der Waals surface area contributed by atoms with Gasteiger partial charge >= 0.3 is 0 Å². The minimum absolute atomic E-state index is 1.20. The lowest BCUT2D eigenvalue weighted by molar-refractivity contribution is -0.685. The van der Waals surface area contributed by atoms with Crippen LogP contribution in [0.25, 0.3) is 11.6 Å². The van der Waals surface area contributed by atoms with Gasteiger partial charge in [0.1, 0.15) is 7.05 Å². The monoisotopic (exact) mass is 160 g/mol. The molecule has 0 N–H and O–H groups in total. The molecule has 0 saturated heterocycles. The first-order valence-electron chi connectivity index (χ1n) is 4.43. The van der Waals surface area contributed by atoms with Crippen LogP contribution in [0, 0.1) is 0 Å². The zero-order chi connectivity index (χ0) is 8.55. The van der Waals surface area contributed by atoms with Crippen LogP contribution in [-0.4, -0.2) is 0 Å². The van der Waals surface area contributed by atoms with Crippen molar-refractivity contribution in [3.05, 3.63) is 28.9 Å². The van der Waals surface area contributed by atoms with Crippen LogP contribution in [0.4, 0.5) is 0 Å². The Bertz CT molecular complexity index is 415. The van der Waals surface area contributed by atoms with Crippen molar-refractivity contribution >= 4 is 11.6 Å². The Kier molecular flexibility index (Phi) is 1.72. The maximum Gasteiger partial charge on any atom is 0.210 e. The molecular weight excluding hydrogens is 146 g/mol. The van der Waals surface area contributed by atoms with Crippen LogP contribution >= 0.6 is 0 Å². The van der Waals surface area contributed by atoms with E-state index in [9.17, 15) is 0 Å². The summed E-state index contributed by atoms with van der Waals surface area (Å²) in [6.07, 6.45) is 6.84. The number of aryl methyl sites for hydroxylation is 1. The highest BCUT2D eigenvalue weighted by Crippen LogP contribution is 2.04. The van der Waals surface area contributed by atoms with Gasteiger partial charge in [-0.3, -0.25) is 0 Å². The van der Waals surface area contributed by atoms with E-state index in [0.29, 0.717) is 0 Å². The van der Waals surface area contributed by atoms with Gasteiger partial charge in [-0.25, -0.2) is 4.57 Å². The topological polar surface area (TPSA) is 3.88 Å². The minimum atomic E-state index is 1.20. The first kappa shape index (κ1) is 7.53. The molecule has 1 aliphatic carbocycles. The number of rotatable bonds is 0. The Morgan fingerprint density at radius 2 is 2.25 bits per heavy atom. The largest absolute Gasteiger partial charge is 0.210 e. The average Bonchev–Trinajstić information content (AvgIpc) is 2.04. The van der Waals surface area contributed by atoms with E-state index in [2.05, 4.69) is 42.9 Å².